The molecule has 1 aromatic carbocycles. The second-order valence-electron chi connectivity index (χ2n) is 6.72. The molecule has 0 spiro atoms. The summed E-state index contributed by atoms with van der Waals surface area (Å²) in [4.78, 5) is 0. The van der Waals surface area contributed by atoms with E-state index in [1.165, 1.54) is 30.4 Å². The van der Waals surface area contributed by atoms with Crippen LogP contribution in [0.5, 0.6) is 11.5 Å². The van der Waals surface area contributed by atoms with Crippen LogP contribution in [0.15, 0.2) is 12.1 Å². The minimum Gasteiger partial charge on any atom is -1.00 e. The average molecular weight is 389 g/mol. The van der Waals surface area contributed by atoms with E-state index in [1.54, 1.807) is 0 Å². The van der Waals surface area contributed by atoms with Gasteiger partial charge in [-0.3, -0.25) is 0 Å². The van der Waals surface area contributed by atoms with Crippen molar-refractivity contribution in [1.29, 1.82) is 0 Å². The highest BCUT2D eigenvalue weighted by Gasteiger charge is 2.41. The lowest BCUT2D eigenvalue weighted by Crippen LogP contribution is -3.00. The lowest BCUT2D eigenvalue weighted by Gasteiger charge is -2.36. The Morgan fingerprint density at radius 3 is 2.40 bits per heavy atom. The van der Waals surface area contributed by atoms with Gasteiger partial charge < -0.3 is 37.9 Å². The van der Waals surface area contributed by atoms with Gasteiger partial charge in [0.15, 0.2) is 11.5 Å². The van der Waals surface area contributed by atoms with Crippen LogP contribution >= 0.6 is 0 Å². The second-order valence-corrected chi connectivity index (χ2v) is 6.72. The molecule has 0 unspecified atom stereocenters. The van der Waals surface area contributed by atoms with Crippen LogP contribution in [0.4, 0.5) is 0 Å². The Morgan fingerprint density at radius 2 is 1.80 bits per heavy atom. The number of benzene rings is 1. The predicted octanol–water partition coefficient (Wildman–Crippen LogP) is 0.139. The molecule has 112 valence electrons. The van der Waals surface area contributed by atoms with Crippen LogP contribution in [0.25, 0.3) is 0 Å². The van der Waals surface area contributed by atoms with Crippen molar-refractivity contribution in [2.24, 2.45) is 5.92 Å². The molecule has 1 aromatic rings. The fourth-order valence-corrected chi connectivity index (χ4v) is 3.78. The van der Waals surface area contributed by atoms with Crippen molar-refractivity contribution in [3.05, 3.63) is 23.3 Å². The maximum atomic E-state index is 5.55. The molecule has 0 fully saturated rings. The number of fused-ring (bicyclic) bond motifs is 2. The predicted molar refractivity (Wildman–Crippen MR) is 75.4 cm³/mol. The Bertz CT molecular complexity index is 496. The second kappa shape index (κ2) is 5.72. The molecule has 0 saturated heterocycles. The third-order valence-electron chi connectivity index (χ3n) is 4.38. The first-order valence-corrected chi connectivity index (χ1v) is 7.24. The van der Waals surface area contributed by atoms with E-state index in [9.17, 15) is 0 Å². The molecule has 2 aliphatic rings. The Hall–Kier alpha value is -0.490. The van der Waals surface area contributed by atoms with E-state index < -0.39 is 0 Å². The summed E-state index contributed by atoms with van der Waals surface area (Å²) in [7, 11) is 6.90. The van der Waals surface area contributed by atoms with E-state index in [2.05, 4.69) is 40.2 Å². The quantitative estimate of drug-likeness (QED) is 0.541. The van der Waals surface area contributed by atoms with Gasteiger partial charge in [-0.15, -0.1) is 0 Å². The highest BCUT2D eigenvalue weighted by atomic mass is 127. The number of hydrogen-bond acceptors (Lipinski definition) is 2. The van der Waals surface area contributed by atoms with E-state index >= 15 is 0 Å². The molecule has 1 aliphatic heterocycles. The smallest absolute Gasteiger partial charge is 0.231 e. The van der Waals surface area contributed by atoms with Crippen LogP contribution in [0.2, 0.25) is 0 Å². The van der Waals surface area contributed by atoms with Crippen LogP contribution in [0.3, 0.4) is 0 Å². The monoisotopic (exact) mass is 389 g/mol. The number of nitrogens with zero attached hydrogens (tertiary/aromatic N) is 1. The molecule has 0 radical (unpaired) electrons. The number of halogens is 1. The molecular weight excluding hydrogens is 365 g/mol. The molecule has 0 aromatic heterocycles. The van der Waals surface area contributed by atoms with Gasteiger partial charge in [-0.2, -0.15) is 0 Å². The van der Waals surface area contributed by atoms with Gasteiger partial charge in [-0.25, -0.2) is 0 Å². The highest BCUT2D eigenvalue weighted by molar-refractivity contribution is 5.51. The zero-order valence-corrected chi connectivity index (χ0v) is 14.9. The van der Waals surface area contributed by atoms with Gasteiger partial charge in [0, 0.05) is 11.5 Å². The summed E-state index contributed by atoms with van der Waals surface area (Å²) >= 11 is 0. The fraction of sp³-hybridized carbons (Fsp3) is 0.625. The van der Waals surface area contributed by atoms with Crippen LogP contribution in [-0.2, 0) is 6.42 Å². The van der Waals surface area contributed by atoms with E-state index in [-0.39, 0.29) is 24.0 Å². The molecule has 2 atom stereocenters. The summed E-state index contributed by atoms with van der Waals surface area (Å²) in [6.45, 7) is 2.65. The third kappa shape index (κ3) is 2.64. The molecule has 20 heavy (non-hydrogen) atoms. The van der Waals surface area contributed by atoms with Crippen molar-refractivity contribution in [3.63, 3.8) is 0 Å². The first kappa shape index (κ1) is 15.9. The maximum absolute atomic E-state index is 5.55. The van der Waals surface area contributed by atoms with Crippen molar-refractivity contribution in [2.75, 3.05) is 27.9 Å². The summed E-state index contributed by atoms with van der Waals surface area (Å²) in [5, 5.41) is 0. The minimum absolute atomic E-state index is 0. The molecule has 3 nitrogen and oxygen atoms in total. The molecule has 0 N–H and O–H groups in total. The van der Waals surface area contributed by atoms with Gasteiger partial charge in [0.05, 0.1) is 21.1 Å². The summed E-state index contributed by atoms with van der Waals surface area (Å²) in [6.07, 6.45) is 3.73. The van der Waals surface area contributed by atoms with Gasteiger partial charge in [0.2, 0.25) is 6.79 Å². The molecule has 3 rings (SSSR count). The molecular formula is C16H24INO2. The van der Waals surface area contributed by atoms with E-state index in [0.29, 0.717) is 12.8 Å². The standard InChI is InChI=1S/C16H24NO2.HI/c1-5-6-11-7-12-8-14-15(19-10-18-14)9-13(12)16(11)17(2,3)4;/h8-9,11,16H,5-7,10H2,1-4H3;1H/q+1;/p-1/t11-,16-;/m1./s1. The van der Waals surface area contributed by atoms with Gasteiger partial charge in [-0.1, -0.05) is 13.3 Å². The zero-order valence-electron chi connectivity index (χ0n) is 12.8. The van der Waals surface area contributed by atoms with Crippen molar-refractivity contribution in [1.82, 2.24) is 0 Å². The van der Waals surface area contributed by atoms with E-state index in [1.807, 2.05) is 0 Å². The molecule has 0 amide bonds. The van der Waals surface area contributed by atoms with Gasteiger partial charge in [0.1, 0.15) is 6.04 Å². The molecule has 0 saturated carbocycles. The maximum Gasteiger partial charge on any atom is 0.231 e. The third-order valence-corrected chi connectivity index (χ3v) is 4.38. The molecule has 1 aliphatic carbocycles. The average Bonchev–Trinajstić information content (AvgIpc) is 2.87. The van der Waals surface area contributed by atoms with Crippen molar-refractivity contribution in [2.45, 2.75) is 32.2 Å². The van der Waals surface area contributed by atoms with E-state index in [4.69, 9.17) is 9.47 Å². The van der Waals surface area contributed by atoms with Crippen molar-refractivity contribution in [3.8, 4) is 11.5 Å². The lowest BCUT2D eigenvalue weighted by atomic mass is 9.93. The van der Waals surface area contributed by atoms with Crippen LogP contribution < -0.4 is 33.5 Å². The zero-order chi connectivity index (χ0) is 13.6. The number of quaternary nitrogens is 1. The molecule has 1 heterocycles. The number of hydrogen-bond donors (Lipinski definition) is 0. The first-order chi connectivity index (χ1) is 9.00. The van der Waals surface area contributed by atoms with Gasteiger partial charge >= 0.3 is 0 Å². The topological polar surface area (TPSA) is 18.5 Å². The fourth-order valence-electron chi connectivity index (χ4n) is 3.78. The lowest BCUT2D eigenvalue weighted by molar-refractivity contribution is -0.905. The first-order valence-electron chi connectivity index (χ1n) is 7.24. The summed E-state index contributed by atoms with van der Waals surface area (Å²) in [5.41, 5.74) is 2.93. The van der Waals surface area contributed by atoms with Crippen LogP contribution in [-0.4, -0.2) is 32.4 Å². The number of rotatable bonds is 3. The SMILES string of the molecule is CCC[C@@H]1Cc2cc3c(cc2[C@@H]1[N+](C)(C)C)OCO3.[I-]. The Kier molecular flexibility index (Phi) is 4.54. The normalized spacial score (nSPS) is 23.4. The largest absolute Gasteiger partial charge is 1.00 e. The van der Waals surface area contributed by atoms with Gasteiger partial charge in [0.25, 0.3) is 0 Å². The van der Waals surface area contributed by atoms with Crippen molar-refractivity contribution >= 4 is 0 Å². The Labute approximate surface area is 138 Å². The summed E-state index contributed by atoms with van der Waals surface area (Å²) in [5.74, 6) is 2.59. The highest BCUT2D eigenvalue weighted by Crippen LogP contribution is 2.48. The van der Waals surface area contributed by atoms with Crippen LogP contribution in [0, 0.1) is 5.92 Å². The van der Waals surface area contributed by atoms with Crippen molar-refractivity contribution < 1.29 is 37.9 Å². The number of ether oxygens (including phenoxy) is 2. The molecule has 0 bridgehead atoms. The minimum atomic E-state index is 0. The van der Waals surface area contributed by atoms with Crippen LogP contribution in [0.1, 0.15) is 36.9 Å². The molecule has 4 heteroatoms. The Morgan fingerprint density at radius 1 is 1.15 bits per heavy atom. The summed E-state index contributed by atoms with van der Waals surface area (Å²) < 4.78 is 12.0. The Balaban J connectivity index is 0.00000147. The summed E-state index contributed by atoms with van der Waals surface area (Å²) in [6, 6.07) is 5.00. The van der Waals surface area contributed by atoms with Gasteiger partial charge in [-0.05, 0) is 30.5 Å². The van der Waals surface area contributed by atoms with E-state index in [0.717, 1.165) is 21.9 Å².